The van der Waals surface area contributed by atoms with Gasteiger partial charge in [0.2, 0.25) is 5.91 Å². The highest BCUT2D eigenvalue weighted by Gasteiger charge is 2.23. The summed E-state index contributed by atoms with van der Waals surface area (Å²) in [7, 11) is 0. The summed E-state index contributed by atoms with van der Waals surface area (Å²) in [6, 6.07) is 7.81. The summed E-state index contributed by atoms with van der Waals surface area (Å²) in [5, 5.41) is 6.47. The number of amides is 2. The summed E-state index contributed by atoms with van der Waals surface area (Å²) >= 11 is 0. The molecular weight excluding hydrogens is 384 g/mol. The van der Waals surface area contributed by atoms with Crippen molar-refractivity contribution in [3.8, 4) is 5.75 Å². The van der Waals surface area contributed by atoms with Gasteiger partial charge >= 0.3 is 0 Å². The van der Waals surface area contributed by atoms with Crippen molar-refractivity contribution in [1.82, 2.24) is 15.0 Å². The first-order valence-electron chi connectivity index (χ1n) is 10.3. The van der Waals surface area contributed by atoms with E-state index in [4.69, 9.17) is 9.26 Å². The molecule has 1 aromatic heterocycles. The fourth-order valence-corrected chi connectivity index (χ4v) is 3.33. The molecule has 0 saturated carbocycles. The highest BCUT2D eigenvalue weighted by Crippen LogP contribution is 2.24. The predicted molar refractivity (Wildman–Crippen MR) is 114 cm³/mol. The minimum Gasteiger partial charge on any atom is -0.483 e. The molecule has 1 saturated heterocycles. The normalized spacial score (nSPS) is 14.8. The Hall–Kier alpha value is -2.87. The number of aryl methyl sites for hydroxylation is 2. The summed E-state index contributed by atoms with van der Waals surface area (Å²) < 4.78 is 10.8. The molecular formula is C22H30N4O4. The smallest absolute Gasteiger partial charge is 0.260 e. The third-order valence-electron chi connectivity index (χ3n) is 5.22. The van der Waals surface area contributed by atoms with Gasteiger partial charge in [-0.15, -0.1) is 0 Å². The number of piperazine rings is 1. The molecule has 0 radical (unpaired) electrons. The third kappa shape index (κ3) is 5.82. The van der Waals surface area contributed by atoms with Crippen molar-refractivity contribution < 1.29 is 18.8 Å². The van der Waals surface area contributed by atoms with Gasteiger partial charge in [-0.2, -0.15) is 0 Å². The zero-order valence-corrected chi connectivity index (χ0v) is 18.1. The monoisotopic (exact) mass is 414 g/mol. The lowest BCUT2D eigenvalue weighted by Crippen LogP contribution is -2.51. The van der Waals surface area contributed by atoms with Crippen LogP contribution in [0, 0.1) is 13.8 Å². The molecule has 0 unspecified atom stereocenters. The van der Waals surface area contributed by atoms with Crippen molar-refractivity contribution in [2.45, 2.75) is 33.6 Å². The summed E-state index contributed by atoms with van der Waals surface area (Å²) in [6.45, 7) is 10.7. The third-order valence-corrected chi connectivity index (χ3v) is 5.22. The van der Waals surface area contributed by atoms with E-state index >= 15 is 0 Å². The van der Waals surface area contributed by atoms with Gasteiger partial charge in [-0.1, -0.05) is 31.1 Å². The van der Waals surface area contributed by atoms with E-state index in [2.05, 4.69) is 30.4 Å². The number of anilines is 1. The average Bonchev–Trinajstić information content (AvgIpc) is 3.11. The predicted octanol–water partition coefficient (Wildman–Crippen LogP) is 2.58. The Labute approximate surface area is 177 Å². The lowest BCUT2D eigenvalue weighted by Gasteiger charge is -2.34. The van der Waals surface area contributed by atoms with E-state index in [0.717, 1.165) is 11.3 Å². The molecule has 3 rings (SSSR count). The molecule has 2 aromatic rings. The second-order valence-corrected chi connectivity index (χ2v) is 8.00. The minimum absolute atomic E-state index is 0.0222. The first-order chi connectivity index (χ1) is 14.3. The molecule has 0 atom stereocenters. The molecule has 1 aliphatic rings. The van der Waals surface area contributed by atoms with Gasteiger partial charge in [0, 0.05) is 32.2 Å². The van der Waals surface area contributed by atoms with Gasteiger partial charge in [0.25, 0.3) is 5.91 Å². The number of carbonyl (C=O) groups is 2. The highest BCUT2D eigenvalue weighted by molar-refractivity contribution is 5.91. The lowest BCUT2D eigenvalue weighted by molar-refractivity contribution is -0.135. The molecule has 1 aliphatic heterocycles. The van der Waals surface area contributed by atoms with Gasteiger partial charge in [-0.05, 0) is 37.0 Å². The SMILES string of the molecule is Cc1cc(NC(=O)CN2CCN(C(=O)COc3cc(C(C)C)ccc3C)CC2)no1. The molecule has 30 heavy (non-hydrogen) atoms. The Bertz CT molecular complexity index is 885. The topological polar surface area (TPSA) is 87.9 Å². The van der Waals surface area contributed by atoms with Crippen LogP contribution in [0.1, 0.15) is 36.7 Å². The van der Waals surface area contributed by atoms with Gasteiger partial charge in [-0.25, -0.2) is 0 Å². The highest BCUT2D eigenvalue weighted by atomic mass is 16.5. The molecule has 2 amide bonds. The fraction of sp³-hybridized carbons (Fsp3) is 0.500. The molecule has 1 aromatic carbocycles. The molecule has 2 heterocycles. The van der Waals surface area contributed by atoms with Gasteiger partial charge in [-0.3, -0.25) is 14.5 Å². The first kappa shape index (κ1) is 21.8. The van der Waals surface area contributed by atoms with E-state index < -0.39 is 0 Å². The van der Waals surface area contributed by atoms with Crippen molar-refractivity contribution in [2.75, 3.05) is 44.6 Å². The largest absolute Gasteiger partial charge is 0.483 e. The molecule has 0 spiro atoms. The van der Waals surface area contributed by atoms with Crippen LogP contribution in [0.5, 0.6) is 5.75 Å². The summed E-state index contributed by atoms with van der Waals surface area (Å²) in [5.74, 6) is 2.04. The number of benzene rings is 1. The molecule has 8 heteroatoms. The van der Waals surface area contributed by atoms with E-state index in [1.807, 2.05) is 24.0 Å². The van der Waals surface area contributed by atoms with E-state index in [-0.39, 0.29) is 25.0 Å². The van der Waals surface area contributed by atoms with Crippen LogP contribution in [0.15, 0.2) is 28.8 Å². The summed E-state index contributed by atoms with van der Waals surface area (Å²) in [4.78, 5) is 28.5. The Kier molecular flexibility index (Phi) is 7.10. The summed E-state index contributed by atoms with van der Waals surface area (Å²) in [6.07, 6.45) is 0. The second-order valence-electron chi connectivity index (χ2n) is 8.00. The van der Waals surface area contributed by atoms with Gasteiger partial charge in [0.05, 0.1) is 6.54 Å². The van der Waals surface area contributed by atoms with E-state index in [9.17, 15) is 9.59 Å². The quantitative estimate of drug-likeness (QED) is 0.749. The number of nitrogens with one attached hydrogen (secondary N) is 1. The maximum atomic E-state index is 12.6. The molecule has 1 N–H and O–H groups in total. The van der Waals surface area contributed by atoms with E-state index in [1.165, 1.54) is 5.56 Å². The van der Waals surface area contributed by atoms with Crippen LogP contribution in [-0.4, -0.2) is 66.1 Å². The average molecular weight is 415 g/mol. The first-order valence-corrected chi connectivity index (χ1v) is 10.3. The molecule has 8 nitrogen and oxygen atoms in total. The number of hydrogen-bond acceptors (Lipinski definition) is 6. The van der Waals surface area contributed by atoms with Gasteiger partial charge in [0.1, 0.15) is 11.5 Å². The summed E-state index contributed by atoms with van der Waals surface area (Å²) in [5.41, 5.74) is 2.21. The zero-order valence-electron chi connectivity index (χ0n) is 18.1. The Morgan fingerprint density at radius 3 is 2.53 bits per heavy atom. The second kappa shape index (κ2) is 9.75. The molecule has 0 bridgehead atoms. The van der Waals surface area contributed by atoms with E-state index in [0.29, 0.717) is 43.7 Å². The minimum atomic E-state index is -0.146. The van der Waals surface area contributed by atoms with Crippen molar-refractivity contribution in [1.29, 1.82) is 0 Å². The van der Waals surface area contributed by atoms with Crippen LogP contribution in [0.4, 0.5) is 5.82 Å². The number of nitrogens with zero attached hydrogens (tertiary/aromatic N) is 3. The van der Waals surface area contributed by atoms with E-state index in [1.54, 1.807) is 17.9 Å². The fourth-order valence-electron chi connectivity index (χ4n) is 3.33. The number of ether oxygens (including phenoxy) is 1. The maximum Gasteiger partial charge on any atom is 0.260 e. The lowest BCUT2D eigenvalue weighted by atomic mass is 10.0. The molecule has 162 valence electrons. The Morgan fingerprint density at radius 1 is 1.17 bits per heavy atom. The number of aromatic nitrogens is 1. The number of rotatable bonds is 7. The molecule has 0 aliphatic carbocycles. The van der Waals surface area contributed by atoms with Crippen LogP contribution in [0.2, 0.25) is 0 Å². The van der Waals surface area contributed by atoms with Crippen LogP contribution in [0.3, 0.4) is 0 Å². The standard InChI is InChI=1S/C22H30N4O4/c1-15(2)18-6-5-16(3)19(12-18)29-14-22(28)26-9-7-25(8-10-26)13-21(27)23-20-11-17(4)30-24-20/h5-6,11-12,15H,7-10,13-14H2,1-4H3,(H,23,24,27). The van der Waals surface area contributed by atoms with Crippen molar-refractivity contribution in [2.24, 2.45) is 0 Å². The van der Waals surface area contributed by atoms with Crippen molar-refractivity contribution >= 4 is 17.6 Å². The van der Waals surface area contributed by atoms with Crippen molar-refractivity contribution in [3.05, 3.63) is 41.2 Å². The van der Waals surface area contributed by atoms with Crippen LogP contribution in [-0.2, 0) is 9.59 Å². The van der Waals surface area contributed by atoms with Crippen LogP contribution >= 0.6 is 0 Å². The maximum absolute atomic E-state index is 12.6. The zero-order chi connectivity index (χ0) is 21.7. The van der Waals surface area contributed by atoms with Crippen LogP contribution < -0.4 is 10.1 Å². The van der Waals surface area contributed by atoms with Crippen LogP contribution in [0.25, 0.3) is 0 Å². The molecule has 1 fully saturated rings. The van der Waals surface area contributed by atoms with Gasteiger partial charge in [0.15, 0.2) is 12.4 Å². The van der Waals surface area contributed by atoms with Gasteiger partial charge < -0.3 is 19.5 Å². The Balaban J connectivity index is 1.43. The van der Waals surface area contributed by atoms with Crippen molar-refractivity contribution in [3.63, 3.8) is 0 Å². The number of carbonyl (C=O) groups excluding carboxylic acids is 2. The number of hydrogen-bond donors (Lipinski definition) is 1. The Morgan fingerprint density at radius 2 is 1.90 bits per heavy atom.